The number of fused-ring (bicyclic) bond motifs is 2. The van der Waals surface area contributed by atoms with E-state index in [0.717, 1.165) is 32.8 Å². The molecular formula is C31H28N4O4. The van der Waals surface area contributed by atoms with E-state index in [1.807, 2.05) is 54.6 Å². The van der Waals surface area contributed by atoms with E-state index in [4.69, 9.17) is 5.73 Å². The smallest absolute Gasteiger partial charge is 0.258 e. The Bertz CT molecular complexity index is 1650. The highest BCUT2D eigenvalue weighted by Crippen LogP contribution is 2.21. The molecule has 0 saturated heterocycles. The van der Waals surface area contributed by atoms with E-state index in [0.29, 0.717) is 5.56 Å². The number of aromatic hydroxyl groups is 1. The lowest BCUT2D eigenvalue weighted by Gasteiger charge is -2.21. The summed E-state index contributed by atoms with van der Waals surface area (Å²) in [6, 6.07) is 24.8. The summed E-state index contributed by atoms with van der Waals surface area (Å²) in [7, 11) is 0. The van der Waals surface area contributed by atoms with Crippen LogP contribution in [0.2, 0.25) is 0 Å². The molecule has 2 atom stereocenters. The minimum absolute atomic E-state index is 0.114. The van der Waals surface area contributed by atoms with Crippen LogP contribution in [0.3, 0.4) is 0 Å². The number of para-hydroxylation sites is 1. The van der Waals surface area contributed by atoms with Gasteiger partial charge in [-0.2, -0.15) is 0 Å². The van der Waals surface area contributed by atoms with Gasteiger partial charge in [0, 0.05) is 29.1 Å². The number of rotatable bonds is 8. The molecule has 0 aliphatic rings. The highest BCUT2D eigenvalue weighted by molar-refractivity contribution is 6.13. The maximum absolute atomic E-state index is 13.5. The van der Waals surface area contributed by atoms with Crippen molar-refractivity contribution in [2.45, 2.75) is 24.9 Å². The quantitative estimate of drug-likeness (QED) is 0.213. The molecule has 0 radical (unpaired) electrons. The molecule has 0 bridgehead atoms. The minimum atomic E-state index is -1.05. The van der Waals surface area contributed by atoms with Crippen LogP contribution in [0, 0.1) is 0 Å². The van der Waals surface area contributed by atoms with Gasteiger partial charge in [-0.05, 0) is 52.6 Å². The number of phenols is 1. The first kappa shape index (κ1) is 25.7. The third kappa shape index (κ3) is 5.81. The predicted molar refractivity (Wildman–Crippen MR) is 150 cm³/mol. The molecule has 3 amide bonds. The van der Waals surface area contributed by atoms with Gasteiger partial charge in [-0.1, -0.05) is 66.7 Å². The number of nitrogens with one attached hydrogen (secondary N) is 3. The number of nitrogens with two attached hydrogens (primary N) is 1. The molecule has 1 aromatic heterocycles. The summed E-state index contributed by atoms with van der Waals surface area (Å²) in [5, 5.41) is 17.2. The van der Waals surface area contributed by atoms with Crippen molar-refractivity contribution in [3.63, 3.8) is 0 Å². The Morgan fingerprint density at radius 2 is 1.49 bits per heavy atom. The van der Waals surface area contributed by atoms with Gasteiger partial charge in [0.25, 0.3) is 5.91 Å². The monoisotopic (exact) mass is 520 g/mol. The average Bonchev–Trinajstić information content (AvgIpc) is 3.36. The van der Waals surface area contributed by atoms with Gasteiger partial charge in [-0.15, -0.1) is 0 Å². The van der Waals surface area contributed by atoms with Crippen LogP contribution in [0.4, 0.5) is 0 Å². The average molecular weight is 521 g/mol. The van der Waals surface area contributed by atoms with Crippen molar-refractivity contribution in [3.05, 3.63) is 114 Å². The van der Waals surface area contributed by atoms with Crippen LogP contribution in [-0.2, 0) is 22.4 Å². The number of amides is 3. The summed E-state index contributed by atoms with van der Waals surface area (Å²) in [6.45, 7) is 0. The zero-order chi connectivity index (χ0) is 27.4. The third-order valence-corrected chi connectivity index (χ3v) is 6.73. The molecular weight excluding hydrogens is 492 g/mol. The van der Waals surface area contributed by atoms with Crippen LogP contribution in [0.15, 0.2) is 97.2 Å². The molecule has 5 rings (SSSR count). The van der Waals surface area contributed by atoms with Crippen LogP contribution < -0.4 is 16.4 Å². The van der Waals surface area contributed by atoms with E-state index in [1.165, 1.54) is 12.1 Å². The SMILES string of the molecule is N[C@@H](Cc1ccc(O)cc1)C(=O)N[C@H](Cc1c[nH]c2ccccc12)C(=O)NC(=O)c1cccc2ccccc12. The van der Waals surface area contributed by atoms with E-state index in [2.05, 4.69) is 15.6 Å². The van der Waals surface area contributed by atoms with Crippen LogP contribution in [-0.4, -0.2) is 39.9 Å². The first-order valence-corrected chi connectivity index (χ1v) is 12.6. The van der Waals surface area contributed by atoms with Gasteiger partial charge in [0.1, 0.15) is 11.8 Å². The molecule has 0 fully saturated rings. The number of aromatic nitrogens is 1. The highest BCUT2D eigenvalue weighted by Gasteiger charge is 2.27. The first-order valence-electron chi connectivity index (χ1n) is 12.6. The molecule has 0 aliphatic carbocycles. The number of hydrogen-bond donors (Lipinski definition) is 5. The number of aromatic amines is 1. The number of carbonyl (C=O) groups is 3. The molecule has 5 aromatic rings. The lowest BCUT2D eigenvalue weighted by Crippen LogP contribution is -2.53. The number of benzene rings is 4. The predicted octanol–water partition coefficient (Wildman–Crippen LogP) is 3.58. The molecule has 0 aliphatic heterocycles. The number of H-pyrrole nitrogens is 1. The van der Waals surface area contributed by atoms with E-state index < -0.39 is 29.8 Å². The lowest BCUT2D eigenvalue weighted by atomic mass is 10.0. The van der Waals surface area contributed by atoms with Crippen molar-refractivity contribution >= 4 is 39.4 Å². The molecule has 8 nitrogen and oxygen atoms in total. The van der Waals surface area contributed by atoms with Crippen LogP contribution in [0.1, 0.15) is 21.5 Å². The summed E-state index contributed by atoms with van der Waals surface area (Å²) >= 11 is 0. The van der Waals surface area contributed by atoms with Gasteiger partial charge in [0.2, 0.25) is 11.8 Å². The first-order chi connectivity index (χ1) is 18.9. The van der Waals surface area contributed by atoms with Crippen molar-refractivity contribution in [2.75, 3.05) is 0 Å². The van der Waals surface area contributed by atoms with Gasteiger partial charge < -0.3 is 21.1 Å². The molecule has 196 valence electrons. The van der Waals surface area contributed by atoms with E-state index in [9.17, 15) is 19.5 Å². The molecule has 1 heterocycles. The molecule has 4 aromatic carbocycles. The van der Waals surface area contributed by atoms with E-state index in [-0.39, 0.29) is 18.6 Å². The molecule has 6 N–H and O–H groups in total. The Balaban J connectivity index is 1.37. The zero-order valence-electron chi connectivity index (χ0n) is 21.1. The number of phenolic OH excluding ortho intramolecular Hbond substituents is 1. The lowest BCUT2D eigenvalue weighted by molar-refractivity contribution is -0.129. The Kier molecular flexibility index (Phi) is 7.38. The minimum Gasteiger partial charge on any atom is -0.508 e. The normalized spacial score (nSPS) is 12.6. The summed E-state index contributed by atoms with van der Waals surface area (Å²) in [5.74, 6) is -1.60. The van der Waals surface area contributed by atoms with E-state index in [1.54, 1.807) is 30.5 Å². The Morgan fingerprint density at radius 3 is 2.28 bits per heavy atom. The van der Waals surface area contributed by atoms with Crippen molar-refractivity contribution in [1.29, 1.82) is 0 Å². The van der Waals surface area contributed by atoms with Gasteiger partial charge in [-0.3, -0.25) is 19.7 Å². The second-order valence-electron chi connectivity index (χ2n) is 9.45. The topological polar surface area (TPSA) is 137 Å². The Morgan fingerprint density at radius 1 is 0.795 bits per heavy atom. The van der Waals surface area contributed by atoms with Gasteiger partial charge >= 0.3 is 0 Å². The molecule has 0 saturated carbocycles. The molecule has 0 unspecified atom stereocenters. The highest BCUT2D eigenvalue weighted by atomic mass is 16.3. The van der Waals surface area contributed by atoms with Gasteiger partial charge in [-0.25, -0.2) is 0 Å². The number of hydrogen-bond acceptors (Lipinski definition) is 5. The van der Waals surface area contributed by atoms with Crippen LogP contribution in [0.25, 0.3) is 21.7 Å². The van der Waals surface area contributed by atoms with Crippen molar-refractivity contribution in [2.24, 2.45) is 5.73 Å². The Labute approximate surface area is 224 Å². The molecule has 39 heavy (non-hydrogen) atoms. The van der Waals surface area contributed by atoms with Crippen molar-refractivity contribution in [3.8, 4) is 5.75 Å². The number of imide groups is 1. The summed E-state index contributed by atoms with van der Waals surface area (Å²) in [6.07, 6.45) is 2.15. The van der Waals surface area contributed by atoms with Crippen molar-refractivity contribution in [1.82, 2.24) is 15.6 Å². The molecule has 8 heteroatoms. The maximum Gasteiger partial charge on any atom is 0.258 e. The summed E-state index contributed by atoms with van der Waals surface area (Å²) in [4.78, 5) is 42.9. The second-order valence-corrected chi connectivity index (χ2v) is 9.45. The standard InChI is InChI=1S/C31H28N4O4/c32-26(16-19-12-14-22(36)15-13-19)30(38)34-28(17-21-18-33-27-11-4-3-9-24(21)27)31(39)35-29(37)25-10-5-7-20-6-1-2-8-23(20)25/h1-15,18,26,28,33,36H,16-17,32H2,(H,34,38)(H,35,37,39)/t26-,28+/m0/s1. The maximum atomic E-state index is 13.5. The van der Waals surface area contributed by atoms with Crippen molar-refractivity contribution < 1.29 is 19.5 Å². The summed E-state index contributed by atoms with van der Waals surface area (Å²) < 4.78 is 0. The fourth-order valence-corrected chi connectivity index (χ4v) is 4.68. The Hall–Kier alpha value is -4.95. The fourth-order valence-electron chi connectivity index (χ4n) is 4.68. The zero-order valence-corrected chi connectivity index (χ0v) is 21.1. The van der Waals surface area contributed by atoms with E-state index >= 15 is 0 Å². The largest absolute Gasteiger partial charge is 0.508 e. The second kappa shape index (κ2) is 11.2. The summed E-state index contributed by atoms with van der Waals surface area (Å²) in [5.41, 5.74) is 9.01. The fraction of sp³-hybridized carbons (Fsp3) is 0.129. The van der Waals surface area contributed by atoms with Gasteiger partial charge in [0.15, 0.2) is 0 Å². The third-order valence-electron chi connectivity index (χ3n) is 6.73. The number of carbonyl (C=O) groups excluding carboxylic acids is 3. The van der Waals surface area contributed by atoms with Crippen LogP contribution in [0.5, 0.6) is 5.75 Å². The molecule has 0 spiro atoms. The van der Waals surface area contributed by atoms with Crippen LogP contribution >= 0.6 is 0 Å². The van der Waals surface area contributed by atoms with Gasteiger partial charge in [0.05, 0.1) is 6.04 Å².